The highest BCUT2D eigenvalue weighted by molar-refractivity contribution is 5.70. The lowest BCUT2D eigenvalue weighted by Crippen LogP contribution is -1.76. The second kappa shape index (κ2) is 4.95. The molecular formula is C15H11N. The van der Waals surface area contributed by atoms with Gasteiger partial charge in [-0.1, -0.05) is 54.6 Å². The van der Waals surface area contributed by atoms with E-state index in [1.807, 2.05) is 60.7 Å². The quantitative estimate of drug-likeness (QED) is 0.685. The van der Waals surface area contributed by atoms with E-state index in [9.17, 15) is 0 Å². The molecule has 0 amide bonds. The van der Waals surface area contributed by atoms with Gasteiger partial charge in [0.25, 0.3) is 0 Å². The fourth-order valence-corrected chi connectivity index (χ4v) is 1.47. The summed E-state index contributed by atoms with van der Waals surface area (Å²) in [4.78, 5) is 0. The number of hydrogen-bond donors (Lipinski definition) is 0. The standard InChI is InChI=1S/C15H11N/c16-12-15-8-4-7-14(11-15)10-9-13-5-2-1-3-6-13/h1-11H/b10-9-. The predicted octanol–water partition coefficient (Wildman–Crippen LogP) is 3.73. The number of hydrogen-bond acceptors (Lipinski definition) is 1. The van der Waals surface area contributed by atoms with E-state index in [1.165, 1.54) is 0 Å². The molecule has 0 heterocycles. The molecule has 16 heavy (non-hydrogen) atoms. The van der Waals surface area contributed by atoms with Crippen molar-refractivity contribution < 1.29 is 0 Å². The first-order chi connectivity index (χ1) is 7.88. The maximum atomic E-state index is 8.77. The van der Waals surface area contributed by atoms with E-state index >= 15 is 0 Å². The van der Waals surface area contributed by atoms with Gasteiger partial charge in [0.2, 0.25) is 0 Å². The number of nitrogens with zero attached hydrogens (tertiary/aromatic N) is 1. The van der Waals surface area contributed by atoms with Crippen LogP contribution in [0.2, 0.25) is 0 Å². The monoisotopic (exact) mass is 205 g/mol. The van der Waals surface area contributed by atoms with E-state index in [0.717, 1.165) is 11.1 Å². The minimum absolute atomic E-state index is 0.690. The third-order valence-electron chi connectivity index (χ3n) is 2.28. The molecule has 0 saturated carbocycles. The molecule has 0 aromatic heterocycles. The maximum absolute atomic E-state index is 8.77. The summed E-state index contributed by atoms with van der Waals surface area (Å²) in [5, 5.41) is 8.77. The highest BCUT2D eigenvalue weighted by atomic mass is 14.2. The van der Waals surface area contributed by atoms with Gasteiger partial charge in [-0.2, -0.15) is 5.26 Å². The molecule has 76 valence electrons. The highest BCUT2D eigenvalue weighted by Crippen LogP contribution is 2.09. The van der Waals surface area contributed by atoms with Crippen LogP contribution >= 0.6 is 0 Å². The van der Waals surface area contributed by atoms with Crippen molar-refractivity contribution in [3.8, 4) is 6.07 Å². The molecule has 0 fully saturated rings. The topological polar surface area (TPSA) is 23.8 Å². The summed E-state index contributed by atoms with van der Waals surface area (Å²) < 4.78 is 0. The molecule has 0 N–H and O–H groups in total. The Morgan fingerprint density at radius 2 is 1.50 bits per heavy atom. The Bertz CT molecular complexity index is 533. The van der Waals surface area contributed by atoms with Crippen LogP contribution in [0.15, 0.2) is 54.6 Å². The van der Waals surface area contributed by atoms with Crippen molar-refractivity contribution in [3.63, 3.8) is 0 Å². The van der Waals surface area contributed by atoms with Crippen molar-refractivity contribution in [2.75, 3.05) is 0 Å². The van der Waals surface area contributed by atoms with Crippen molar-refractivity contribution in [1.29, 1.82) is 5.26 Å². The number of rotatable bonds is 2. The van der Waals surface area contributed by atoms with Crippen molar-refractivity contribution in [2.45, 2.75) is 0 Å². The summed E-state index contributed by atoms with van der Waals surface area (Å²) in [6.07, 6.45) is 4.05. The van der Waals surface area contributed by atoms with Gasteiger partial charge in [-0.15, -0.1) is 0 Å². The van der Waals surface area contributed by atoms with Crippen LogP contribution in [-0.2, 0) is 0 Å². The average molecular weight is 205 g/mol. The lowest BCUT2D eigenvalue weighted by atomic mass is 10.1. The minimum atomic E-state index is 0.690. The van der Waals surface area contributed by atoms with Crippen LogP contribution in [0.1, 0.15) is 16.7 Å². The first-order valence-corrected chi connectivity index (χ1v) is 5.12. The van der Waals surface area contributed by atoms with Gasteiger partial charge in [0.1, 0.15) is 0 Å². The summed E-state index contributed by atoms with van der Waals surface area (Å²) in [6.45, 7) is 0. The van der Waals surface area contributed by atoms with Crippen LogP contribution in [-0.4, -0.2) is 0 Å². The summed E-state index contributed by atoms with van der Waals surface area (Å²) in [5.41, 5.74) is 2.89. The van der Waals surface area contributed by atoms with Crippen LogP contribution in [0, 0.1) is 11.3 Å². The SMILES string of the molecule is N#Cc1cccc(/C=C\c2ccccc2)c1. The Morgan fingerprint density at radius 3 is 2.25 bits per heavy atom. The minimum Gasteiger partial charge on any atom is -0.192 e. The first kappa shape index (κ1) is 10.2. The molecular weight excluding hydrogens is 194 g/mol. The summed E-state index contributed by atoms with van der Waals surface area (Å²) >= 11 is 0. The molecule has 0 radical (unpaired) electrons. The zero-order valence-corrected chi connectivity index (χ0v) is 8.80. The molecule has 1 heteroatoms. The summed E-state index contributed by atoms with van der Waals surface area (Å²) in [6, 6.07) is 19.8. The molecule has 2 aromatic rings. The lowest BCUT2D eigenvalue weighted by molar-refractivity contribution is 1.48. The molecule has 0 unspecified atom stereocenters. The first-order valence-electron chi connectivity index (χ1n) is 5.12. The third-order valence-corrected chi connectivity index (χ3v) is 2.28. The fraction of sp³-hybridized carbons (Fsp3) is 0. The van der Waals surface area contributed by atoms with Crippen LogP contribution < -0.4 is 0 Å². The van der Waals surface area contributed by atoms with Gasteiger partial charge in [0, 0.05) is 0 Å². The van der Waals surface area contributed by atoms with Gasteiger partial charge in [-0.3, -0.25) is 0 Å². The van der Waals surface area contributed by atoms with Gasteiger partial charge < -0.3 is 0 Å². The van der Waals surface area contributed by atoms with Gasteiger partial charge >= 0.3 is 0 Å². The molecule has 0 aliphatic rings. The van der Waals surface area contributed by atoms with E-state index in [-0.39, 0.29) is 0 Å². The fourth-order valence-electron chi connectivity index (χ4n) is 1.47. The van der Waals surface area contributed by atoms with E-state index in [4.69, 9.17) is 5.26 Å². The van der Waals surface area contributed by atoms with Crippen LogP contribution in [0.5, 0.6) is 0 Å². The van der Waals surface area contributed by atoms with Crippen molar-refractivity contribution >= 4 is 12.2 Å². The number of nitriles is 1. The van der Waals surface area contributed by atoms with Crippen molar-refractivity contribution in [2.24, 2.45) is 0 Å². The van der Waals surface area contributed by atoms with E-state index in [2.05, 4.69) is 6.07 Å². The zero-order valence-electron chi connectivity index (χ0n) is 8.80. The molecule has 0 atom stereocenters. The molecule has 0 bridgehead atoms. The van der Waals surface area contributed by atoms with E-state index in [1.54, 1.807) is 6.07 Å². The molecule has 0 spiro atoms. The molecule has 1 nitrogen and oxygen atoms in total. The van der Waals surface area contributed by atoms with Gasteiger partial charge in [-0.25, -0.2) is 0 Å². The van der Waals surface area contributed by atoms with Gasteiger partial charge in [-0.05, 0) is 23.3 Å². The van der Waals surface area contributed by atoms with Crippen LogP contribution in [0.3, 0.4) is 0 Å². The van der Waals surface area contributed by atoms with Gasteiger partial charge in [0.05, 0.1) is 11.6 Å². The highest BCUT2D eigenvalue weighted by Gasteiger charge is 1.90. The van der Waals surface area contributed by atoms with Crippen LogP contribution in [0.4, 0.5) is 0 Å². The Balaban J connectivity index is 2.21. The van der Waals surface area contributed by atoms with Crippen molar-refractivity contribution in [1.82, 2.24) is 0 Å². The van der Waals surface area contributed by atoms with Gasteiger partial charge in [0.15, 0.2) is 0 Å². The Labute approximate surface area is 95.3 Å². The Hall–Kier alpha value is -2.33. The summed E-state index contributed by atoms with van der Waals surface area (Å²) in [7, 11) is 0. The average Bonchev–Trinajstić information content (AvgIpc) is 2.38. The Morgan fingerprint density at radius 1 is 0.812 bits per heavy atom. The smallest absolute Gasteiger partial charge is 0.0991 e. The lowest BCUT2D eigenvalue weighted by Gasteiger charge is -1.94. The Kier molecular flexibility index (Phi) is 3.15. The van der Waals surface area contributed by atoms with Crippen molar-refractivity contribution in [3.05, 3.63) is 71.3 Å². The summed E-state index contributed by atoms with van der Waals surface area (Å²) in [5.74, 6) is 0. The molecule has 0 aliphatic heterocycles. The second-order valence-electron chi connectivity index (χ2n) is 3.48. The molecule has 0 saturated heterocycles. The van der Waals surface area contributed by atoms with E-state index < -0.39 is 0 Å². The van der Waals surface area contributed by atoms with E-state index in [0.29, 0.717) is 5.56 Å². The predicted molar refractivity (Wildman–Crippen MR) is 66.5 cm³/mol. The maximum Gasteiger partial charge on any atom is 0.0991 e. The van der Waals surface area contributed by atoms with Crippen LogP contribution in [0.25, 0.3) is 12.2 Å². The third kappa shape index (κ3) is 2.59. The number of benzene rings is 2. The molecule has 2 aromatic carbocycles. The largest absolute Gasteiger partial charge is 0.192 e. The zero-order chi connectivity index (χ0) is 11.2. The molecule has 2 rings (SSSR count). The molecule has 0 aliphatic carbocycles. The normalized spacial score (nSPS) is 10.2. The second-order valence-corrected chi connectivity index (χ2v) is 3.48.